The molecule has 0 aliphatic rings. The van der Waals surface area contributed by atoms with Crippen LogP contribution < -0.4 is 5.32 Å². The molecule has 0 radical (unpaired) electrons. The minimum Gasteiger partial charge on any atom is -0.478 e. The number of aromatic carboxylic acids is 1. The first-order chi connectivity index (χ1) is 7.04. The summed E-state index contributed by atoms with van der Waals surface area (Å²) >= 11 is 3.21. The third-order valence-corrected chi connectivity index (χ3v) is 2.91. The lowest BCUT2D eigenvalue weighted by Crippen LogP contribution is -2.13. The molecular formula is C11H14BrNO2. The van der Waals surface area contributed by atoms with E-state index in [0.717, 1.165) is 12.1 Å². The fourth-order valence-corrected chi connectivity index (χ4v) is 1.58. The van der Waals surface area contributed by atoms with Crippen molar-refractivity contribution >= 4 is 27.6 Å². The maximum Gasteiger partial charge on any atom is 0.336 e. The molecule has 0 amide bonds. The zero-order valence-electron chi connectivity index (χ0n) is 8.75. The fourth-order valence-electron chi connectivity index (χ4n) is 1.17. The number of hydrogen-bond acceptors (Lipinski definition) is 2. The second-order valence-corrected chi connectivity index (χ2v) is 4.31. The van der Waals surface area contributed by atoms with Gasteiger partial charge in [0.15, 0.2) is 0 Å². The van der Waals surface area contributed by atoms with Gasteiger partial charge in [0.05, 0.1) is 5.56 Å². The van der Waals surface area contributed by atoms with Crippen LogP contribution in [0.3, 0.4) is 0 Å². The highest BCUT2D eigenvalue weighted by atomic mass is 79.9. The number of carboxylic acid groups (broad SMARTS) is 1. The van der Waals surface area contributed by atoms with Crippen molar-refractivity contribution < 1.29 is 9.90 Å². The molecule has 82 valence electrons. The highest BCUT2D eigenvalue weighted by molar-refractivity contribution is 9.10. The van der Waals surface area contributed by atoms with Crippen LogP contribution in [0.5, 0.6) is 0 Å². The van der Waals surface area contributed by atoms with E-state index in [-0.39, 0.29) is 5.56 Å². The van der Waals surface area contributed by atoms with Crippen molar-refractivity contribution in [2.24, 2.45) is 0 Å². The summed E-state index contributed by atoms with van der Waals surface area (Å²) in [5.41, 5.74) is 1.12. The summed E-state index contributed by atoms with van der Waals surface area (Å²) in [4.78, 5) is 10.9. The SMILES string of the molecule is CCC(C)Nc1ccc(Br)c(C(=O)O)c1. The summed E-state index contributed by atoms with van der Waals surface area (Å²) in [7, 11) is 0. The number of benzene rings is 1. The van der Waals surface area contributed by atoms with Gasteiger partial charge in [-0.15, -0.1) is 0 Å². The number of halogens is 1. The third-order valence-electron chi connectivity index (χ3n) is 2.22. The Labute approximate surface area is 97.6 Å². The van der Waals surface area contributed by atoms with Gasteiger partial charge in [0, 0.05) is 16.2 Å². The molecule has 0 bridgehead atoms. The minimum absolute atomic E-state index is 0.281. The first kappa shape index (κ1) is 12.0. The van der Waals surface area contributed by atoms with Gasteiger partial charge in [0.1, 0.15) is 0 Å². The summed E-state index contributed by atoms with van der Waals surface area (Å²) in [6.07, 6.45) is 0.998. The monoisotopic (exact) mass is 271 g/mol. The van der Waals surface area contributed by atoms with Crippen molar-refractivity contribution in [3.8, 4) is 0 Å². The van der Waals surface area contributed by atoms with E-state index in [0.29, 0.717) is 10.5 Å². The molecule has 1 aromatic rings. The van der Waals surface area contributed by atoms with Crippen LogP contribution in [0.1, 0.15) is 30.6 Å². The smallest absolute Gasteiger partial charge is 0.336 e. The highest BCUT2D eigenvalue weighted by Gasteiger charge is 2.09. The van der Waals surface area contributed by atoms with E-state index in [9.17, 15) is 4.79 Å². The van der Waals surface area contributed by atoms with E-state index < -0.39 is 5.97 Å². The molecule has 1 rings (SSSR count). The zero-order valence-corrected chi connectivity index (χ0v) is 10.3. The van der Waals surface area contributed by atoms with Gasteiger partial charge >= 0.3 is 5.97 Å². The predicted octanol–water partition coefficient (Wildman–Crippen LogP) is 3.36. The molecule has 0 aromatic heterocycles. The van der Waals surface area contributed by atoms with E-state index in [4.69, 9.17) is 5.11 Å². The Morgan fingerprint density at radius 3 is 2.80 bits per heavy atom. The van der Waals surface area contributed by atoms with Gasteiger partial charge in [-0.3, -0.25) is 0 Å². The summed E-state index contributed by atoms with van der Waals surface area (Å²) in [6, 6.07) is 5.59. The molecule has 1 atom stereocenters. The van der Waals surface area contributed by atoms with E-state index in [2.05, 4.69) is 35.1 Å². The first-order valence-corrected chi connectivity index (χ1v) is 5.63. The van der Waals surface area contributed by atoms with Crippen molar-refractivity contribution in [3.05, 3.63) is 28.2 Å². The van der Waals surface area contributed by atoms with Crippen LogP contribution in [0.4, 0.5) is 5.69 Å². The summed E-state index contributed by atoms with van der Waals surface area (Å²) < 4.78 is 0.602. The van der Waals surface area contributed by atoms with Crippen LogP contribution in [-0.4, -0.2) is 17.1 Å². The van der Waals surface area contributed by atoms with E-state index in [1.807, 2.05) is 6.07 Å². The first-order valence-electron chi connectivity index (χ1n) is 4.84. The minimum atomic E-state index is -0.922. The number of carboxylic acids is 1. The Balaban J connectivity index is 2.92. The summed E-state index contributed by atoms with van der Waals surface area (Å²) in [5.74, 6) is -0.922. The van der Waals surface area contributed by atoms with E-state index >= 15 is 0 Å². The summed E-state index contributed by atoms with van der Waals surface area (Å²) in [5, 5.41) is 12.2. The molecule has 0 saturated heterocycles. The van der Waals surface area contributed by atoms with Gasteiger partial charge in [-0.1, -0.05) is 6.92 Å². The van der Waals surface area contributed by atoms with Crippen molar-refractivity contribution in [1.29, 1.82) is 0 Å². The standard InChI is InChI=1S/C11H14BrNO2/c1-3-7(2)13-8-4-5-10(12)9(6-8)11(14)15/h4-7,13H,3H2,1-2H3,(H,14,15). The molecule has 1 aromatic carbocycles. The molecule has 0 heterocycles. The molecule has 0 aliphatic heterocycles. The lowest BCUT2D eigenvalue weighted by molar-refractivity contribution is 0.0696. The van der Waals surface area contributed by atoms with Gasteiger partial charge in [-0.05, 0) is 47.5 Å². The van der Waals surface area contributed by atoms with Crippen molar-refractivity contribution in [2.75, 3.05) is 5.32 Å². The molecule has 2 N–H and O–H groups in total. The van der Waals surface area contributed by atoms with Crippen molar-refractivity contribution in [3.63, 3.8) is 0 Å². The Morgan fingerprint density at radius 2 is 2.27 bits per heavy atom. The number of nitrogens with one attached hydrogen (secondary N) is 1. The molecule has 15 heavy (non-hydrogen) atoms. The normalized spacial score (nSPS) is 12.2. The van der Waals surface area contributed by atoms with Crippen LogP contribution in [-0.2, 0) is 0 Å². The van der Waals surface area contributed by atoms with E-state index in [1.54, 1.807) is 12.1 Å². The Bertz CT molecular complexity index is 366. The van der Waals surface area contributed by atoms with Gasteiger partial charge in [0.2, 0.25) is 0 Å². The number of carbonyl (C=O) groups is 1. The fraction of sp³-hybridized carbons (Fsp3) is 0.364. The Hall–Kier alpha value is -1.03. The second-order valence-electron chi connectivity index (χ2n) is 3.45. The van der Waals surface area contributed by atoms with Crippen LogP contribution in [0.25, 0.3) is 0 Å². The molecular weight excluding hydrogens is 258 g/mol. The molecule has 1 unspecified atom stereocenters. The van der Waals surface area contributed by atoms with Gasteiger partial charge in [0.25, 0.3) is 0 Å². The van der Waals surface area contributed by atoms with Gasteiger partial charge in [-0.2, -0.15) is 0 Å². The van der Waals surface area contributed by atoms with E-state index in [1.165, 1.54) is 0 Å². The molecule has 0 fully saturated rings. The third kappa shape index (κ3) is 3.23. The van der Waals surface area contributed by atoms with Crippen LogP contribution in [0.15, 0.2) is 22.7 Å². The maximum atomic E-state index is 10.9. The second kappa shape index (κ2) is 5.16. The largest absolute Gasteiger partial charge is 0.478 e. The average molecular weight is 272 g/mol. The number of hydrogen-bond donors (Lipinski definition) is 2. The predicted molar refractivity (Wildman–Crippen MR) is 64.5 cm³/mol. The van der Waals surface area contributed by atoms with Gasteiger partial charge < -0.3 is 10.4 Å². The van der Waals surface area contributed by atoms with Crippen LogP contribution in [0.2, 0.25) is 0 Å². The average Bonchev–Trinajstić information content (AvgIpc) is 2.20. The van der Waals surface area contributed by atoms with Crippen LogP contribution >= 0.6 is 15.9 Å². The molecule has 4 heteroatoms. The number of rotatable bonds is 4. The van der Waals surface area contributed by atoms with Gasteiger partial charge in [-0.25, -0.2) is 4.79 Å². The maximum absolute atomic E-state index is 10.9. The van der Waals surface area contributed by atoms with Crippen molar-refractivity contribution in [2.45, 2.75) is 26.3 Å². The quantitative estimate of drug-likeness (QED) is 0.883. The number of anilines is 1. The zero-order chi connectivity index (χ0) is 11.4. The van der Waals surface area contributed by atoms with Crippen LogP contribution in [0, 0.1) is 0 Å². The Kier molecular flexibility index (Phi) is 4.15. The topological polar surface area (TPSA) is 49.3 Å². The lowest BCUT2D eigenvalue weighted by atomic mass is 10.2. The molecule has 0 spiro atoms. The lowest BCUT2D eigenvalue weighted by Gasteiger charge is -2.13. The Morgan fingerprint density at radius 1 is 1.60 bits per heavy atom. The molecule has 0 saturated carbocycles. The molecule has 3 nitrogen and oxygen atoms in total. The molecule has 0 aliphatic carbocycles. The van der Waals surface area contributed by atoms with Crippen molar-refractivity contribution in [1.82, 2.24) is 0 Å². The summed E-state index contributed by atoms with van der Waals surface area (Å²) in [6.45, 7) is 4.14. The highest BCUT2D eigenvalue weighted by Crippen LogP contribution is 2.21.